The van der Waals surface area contributed by atoms with Crippen LogP contribution in [0.3, 0.4) is 0 Å². The van der Waals surface area contributed by atoms with Crippen molar-refractivity contribution >= 4 is 107 Å². The van der Waals surface area contributed by atoms with Crippen LogP contribution in [-0.2, 0) is 84.4 Å². The third-order valence-corrected chi connectivity index (χ3v) is 16.1. The monoisotopic (exact) mass is 1470 g/mol. The maximum atomic E-state index is 13.3. The first kappa shape index (κ1) is 82.2. The minimum atomic E-state index is -1.42. The molecule has 2 aromatic rings. The van der Waals surface area contributed by atoms with Crippen LogP contribution in [-0.4, -0.2) is 143 Å². The van der Waals surface area contributed by atoms with Gasteiger partial charge in [-0.2, -0.15) is 0 Å². The summed E-state index contributed by atoms with van der Waals surface area (Å²) in [5, 5.41) is 11.1. The minimum Gasteiger partial charge on any atom is -0.467 e. The van der Waals surface area contributed by atoms with Gasteiger partial charge in [-0.25, -0.2) is 9.59 Å². The van der Waals surface area contributed by atoms with E-state index in [0.717, 1.165) is 44.9 Å². The summed E-state index contributed by atoms with van der Waals surface area (Å²) in [6, 6.07) is 14.6. The zero-order valence-corrected chi connectivity index (χ0v) is 58.9. The summed E-state index contributed by atoms with van der Waals surface area (Å²) in [6.07, 6.45) is 9.57. The van der Waals surface area contributed by atoms with Gasteiger partial charge in [0.05, 0.1) is 33.3 Å². The highest BCUT2D eigenvalue weighted by molar-refractivity contribution is 14.1. The van der Waals surface area contributed by atoms with Gasteiger partial charge in [-0.3, -0.25) is 33.6 Å². The van der Waals surface area contributed by atoms with E-state index in [1.807, 2.05) is 0 Å². The molecule has 1 heterocycles. The second-order valence-corrected chi connectivity index (χ2v) is 32.5. The number of amides is 4. The van der Waals surface area contributed by atoms with E-state index in [1.165, 1.54) is 45.3 Å². The van der Waals surface area contributed by atoms with E-state index in [0.29, 0.717) is 64.5 Å². The first-order valence-corrected chi connectivity index (χ1v) is 36.0. The van der Waals surface area contributed by atoms with E-state index in [1.54, 1.807) is 41.5 Å². The standard InChI is InChI=1S/C33H53IN2O8Si.C26H40IN3O6.C4H8O.H2O/c1-33(2,3)44-29(38)19-16-25(23-30(39)43-21-22-45(5,6)7)31(40)36-27(32(41)42-4)12-8-9-20-35-28(37)13-10-11-24-14-17-26(34)18-15-24;1-26(2,3)36-23(32)16-15-20(28)24(33)30-21(25(34)35-4)9-5-6-17-29-22(31)10-7-8-18-11-13-19(27)14-12-18;1-2-4-5-3-1;/h14-15,17-18,25,27H,8-13,16,19-23H2,1-7H3,(H,35,37)(H,36,40);11-14,20-21H,5-10,15-17,28H2,1-4H3,(H,29,31)(H,30,33);1-4H2;1H2/t25-,27+;20-,21-;;/m10../s1. The van der Waals surface area contributed by atoms with Crippen molar-refractivity contribution in [2.45, 2.75) is 219 Å². The molecule has 0 aliphatic carbocycles. The topological polar surface area (TPSA) is 315 Å². The summed E-state index contributed by atoms with van der Waals surface area (Å²) in [6.45, 7) is 20.3. The number of rotatable bonds is 35. The number of nitrogens with one attached hydrogen (secondary N) is 4. The number of hydrogen-bond acceptors (Lipinski definition) is 16. The lowest BCUT2D eigenvalue weighted by Crippen LogP contribution is -2.49. The fourth-order valence-electron chi connectivity index (χ4n) is 8.19. The summed E-state index contributed by atoms with van der Waals surface area (Å²) in [5.41, 5.74) is 7.01. The van der Waals surface area contributed by atoms with E-state index < -0.39 is 85.0 Å². The third-order valence-electron chi connectivity index (χ3n) is 12.9. The zero-order chi connectivity index (χ0) is 64.7. The van der Waals surface area contributed by atoms with Crippen LogP contribution in [0.25, 0.3) is 0 Å². The number of aryl methyl sites for hydroxylation is 2. The molecule has 2 aromatic carbocycles. The lowest BCUT2D eigenvalue weighted by Gasteiger charge is -2.23. The molecule has 0 spiro atoms. The van der Waals surface area contributed by atoms with Crippen LogP contribution in [0.15, 0.2) is 48.5 Å². The Kier molecular flexibility index (Phi) is 43.0. The lowest BCUT2D eigenvalue weighted by atomic mass is 9.97. The number of halogens is 2. The predicted octanol–water partition coefficient (Wildman–Crippen LogP) is 8.55. The zero-order valence-electron chi connectivity index (χ0n) is 53.6. The van der Waals surface area contributed by atoms with Crippen molar-refractivity contribution in [2.24, 2.45) is 11.7 Å². The highest BCUT2D eigenvalue weighted by atomic mass is 127. The first-order chi connectivity index (χ1) is 40.4. The van der Waals surface area contributed by atoms with E-state index in [4.69, 9.17) is 34.2 Å². The Balaban J connectivity index is 0.00000158. The van der Waals surface area contributed by atoms with E-state index in [2.05, 4.69) is 135 Å². The van der Waals surface area contributed by atoms with Gasteiger partial charge in [0, 0.05) is 73.1 Å². The number of carbonyl (C=O) groups is 9. The number of hydrogen-bond donors (Lipinski definition) is 5. The molecule has 24 heteroatoms. The van der Waals surface area contributed by atoms with Gasteiger partial charge in [-0.05, 0) is 218 Å². The second kappa shape index (κ2) is 45.5. The highest BCUT2D eigenvalue weighted by Crippen LogP contribution is 2.19. The summed E-state index contributed by atoms with van der Waals surface area (Å²) < 4.78 is 33.0. The molecule has 87 heavy (non-hydrogen) atoms. The molecule has 4 atom stereocenters. The Morgan fingerprint density at radius 1 is 0.575 bits per heavy atom. The molecule has 1 aliphatic heterocycles. The molecule has 0 saturated carbocycles. The average Bonchev–Trinajstić information content (AvgIpc) is 4.15. The van der Waals surface area contributed by atoms with Crippen molar-refractivity contribution in [3.63, 3.8) is 0 Å². The molecule has 0 unspecified atom stereocenters. The SMILES string of the molecule is C1CCOC1.COC(=O)[C@H](CCCCNC(=O)CCCc1ccc(I)cc1)NC(=O)[C@@H](N)CCC(=O)OC(C)(C)C.COC(=O)[C@H](CCCCNC(=O)CCCc1ccc(I)cc1)NC(=O)[C@H](CCC(=O)OC(C)(C)C)CC(=O)OCC[Si](C)(C)C.O. The Morgan fingerprint density at radius 3 is 1.37 bits per heavy atom. The predicted molar refractivity (Wildman–Crippen MR) is 355 cm³/mol. The number of nitrogens with two attached hydrogens (primary N) is 1. The molecule has 4 amide bonds. The Labute approximate surface area is 545 Å². The number of benzene rings is 2. The fourth-order valence-corrected chi connectivity index (χ4v) is 9.62. The van der Waals surface area contributed by atoms with E-state index in [-0.39, 0.29) is 56.0 Å². The lowest BCUT2D eigenvalue weighted by molar-refractivity contribution is -0.156. The van der Waals surface area contributed by atoms with E-state index >= 15 is 0 Å². The van der Waals surface area contributed by atoms with Gasteiger partial charge in [0.25, 0.3) is 0 Å². The molecule has 1 saturated heterocycles. The highest BCUT2D eigenvalue weighted by Gasteiger charge is 2.30. The summed E-state index contributed by atoms with van der Waals surface area (Å²) >= 11 is 4.52. The van der Waals surface area contributed by atoms with Crippen LogP contribution in [0.1, 0.15) is 162 Å². The molecule has 494 valence electrons. The van der Waals surface area contributed by atoms with Gasteiger partial charge >= 0.3 is 29.8 Å². The van der Waals surface area contributed by atoms with Crippen LogP contribution in [0.4, 0.5) is 0 Å². The van der Waals surface area contributed by atoms with Crippen molar-refractivity contribution in [1.82, 2.24) is 21.3 Å². The van der Waals surface area contributed by atoms with Crippen LogP contribution < -0.4 is 27.0 Å². The van der Waals surface area contributed by atoms with E-state index in [9.17, 15) is 43.2 Å². The number of ether oxygens (including phenoxy) is 6. The quantitative estimate of drug-likeness (QED) is 0.0142. The minimum absolute atomic E-state index is 0. The maximum absolute atomic E-state index is 13.3. The van der Waals surface area contributed by atoms with Gasteiger partial charge in [-0.1, -0.05) is 43.9 Å². The molecule has 0 radical (unpaired) electrons. The first-order valence-electron chi connectivity index (χ1n) is 30.1. The summed E-state index contributed by atoms with van der Waals surface area (Å²) in [4.78, 5) is 111. The number of carbonyl (C=O) groups excluding carboxylic acids is 9. The number of unbranched alkanes of at least 4 members (excludes halogenated alkanes) is 2. The Bertz CT molecular complexity index is 2350. The van der Waals surface area contributed by atoms with Crippen molar-refractivity contribution in [2.75, 3.05) is 47.1 Å². The van der Waals surface area contributed by atoms with Crippen LogP contribution in [0, 0.1) is 13.1 Å². The van der Waals surface area contributed by atoms with Gasteiger partial charge in [0.2, 0.25) is 23.6 Å². The van der Waals surface area contributed by atoms with Crippen LogP contribution >= 0.6 is 45.2 Å². The number of esters is 5. The van der Waals surface area contributed by atoms with Crippen molar-refractivity contribution < 1.29 is 77.0 Å². The molecule has 0 aromatic heterocycles. The molecular formula is C63H103I2N5O16Si. The van der Waals surface area contributed by atoms with Gasteiger partial charge in [0.1, 0.15) is 23.3 Å². The number of methoxy groups -OCH3 is 2. The average molecular weight is 1470 g/mol. The molecule has 21 nitrogen and oxygen atoms in total. The Morgan fingerprint density at radius 2 is 0.989 bits per heavy atom. The van der Waals surface area contributed by atoms with Gasteiger partial charge in [0.15, 0.2) is 0 Å². The summed E-state index contributed by atoms with van der Waals surface area (Å²) in [5.74, 6) is -4.59. The molecule has 8 N–H and O–H groups in total. The summed E-state index contributed by atoms with van der Waals surface area (Å²) in [7, 11) is 1.08. The normalized spacial score (nSPS) is 13.4. The Hall–Kier alpha value is -4.77. The van der Waals surface area contributed by atoms with Crippen LogP contribution in [0.2, 0.25) is 25.7 Å². The molecule has 3 rings (SSSR count). The van der Waals surface area contributed by atoms with Crippen molar-refractivity contribution in [1.29, 1.82) is 0 Å². The molecule has 1 fully saturated rings. The van der Waals surface area contributed by atoms with Crippen molar-refractivity contribution in [3.8, 4) is 0 Å². The third kappa shape index (κ3) is 44.3. The maximum Gasteiger partial charge on any atom is 0.328 e. The largest absolute Gasteiger partial charge is 0.467 e. The van der Waals surface area contributed by atoms with Crippen molar-refractivity contribution in [3.05, 3.63) is 66.8 Å². The van der Waals surface area contributed by atoms with Crippen LogP contribution in [0.5, 0.6) is 0 Å². The fraction of sp³-hybridized carbons (Fsp3) is 0.667. The van der Waals surface area contributed by atoms with Gasteiger partial charge < -0.3 is 60.9 Å². The molecular weight excluding hydrogens is 1360 g/mol. The molecule has 1 aliphatic rings. The molecule has 0 bridgehead atoms. The second-order valence-electron chi connectivity index (χ2n) is 24.4. The van der Waals surface area contributed by atoms with Gasteiger partial charge in [-0.15, -0.1) is 0 Å². The smallest absolute Gasteiger partial charge is 0.328 e.